The van der Waals surface area contributed by atoms with E-state index >= 15 is 0 Å². The van der Waals surface area contributed by atoms with Crippen LogP contribution in [0.25, 0.3) is 0 Å². The molecule has 0 fully saturated rings. The van der Waals surface area contributed by atoms with Gasteiger partial charge in [0.25, 0.3) is 0 Å². The lowest BCUT2D eigenvalue weighted by molar-refractivity contribution is -0.152. The molecule has 0 heterocycles. The van der Waals surface area contributed by atoms with E-state index in [1.807, 2.05) is 13.8 Å². The molecule has 0 saturated carbocycles. The zero-order valence-corrected chi connectivity index (χ0v) is 12.2. The summed E-state index contributed by atoms with van der Waals surface area (Å²) in [5, 5.41) is 0.536. The summed E-state index contributed by atoms with van der Waals surface area (Å²) in [6.45, 7) is 5.19. The van der Waals surface area contributed by atoms with Crippen molar-refractivity contribution < 1.29 is 18.6 Å². The van der Waals surface area contributed by atoms with E-state index in [1.165, 1.54) is 12.1 Å². The molecule has 3 nitrogen and oxygen atoms in total. The highest BCUT2D eigenvalue weighted by molar-refractivity contribution is 9.08. The first kappa shape index (κ1) is 15.4. The molecule has 0 aliphatic heterocycles. The van der Waals surface area contributed by atoms with Gasteiger partial charge >= 0.3 is 0 Å². The van der Waals surface area contributed by atoms with E-state index in [-0.39, 0.29) is 12.4 Å². The summed E-state index contributed by atoms with van der Waals surface area (Å²) in [4.78, 5) is 0. The Balaban J connectivity index is 2.60. The van der Waals surface area contributed by atoms with Crippen LogP contribution in [-0.2, 0) is 14.8 Å². The lowest BCUT2D eigenvalue weighted by Gasteiger charge is -2.18. The van der Waals surface area contributed by atoms with Gasteiger partial charge < -0.3 is 14.2 Å². The smallest absolute Gasteiger partial charge is 0.191 e. The average molecular weight is 321 g/mol. The first-order valence-corrected chi connectivity index (χ1v) is 7.03. The molecule has 0 amide bonds. The summed E-state index contributed by atoms with van der Waals surface area (Å²) >= 11 is 3.30. The van der Waals surface area contributed by atoms with E-state index in [9.17, 15) is 4.39 Å². The normalized spacial score (nSPS) is 10.9. The van der Waals surface area contributed by atoms with Crippen LogP contribution in [0.1, 0.15) is 19.4 Å². The Morgan fingerprint density at radius 3 is 2.44 bits per heavy atom. The molecule has 0 saturated heterocycles. The number of rotatable bonds is 8. The molecule has 0 bridgehead atoms. The van der Waals surface area contributed by atoms with Crippen molar-refractivity contribution in [3.63, 3.8) is 0 Å². The Morgan fingerprint density at radius 2 is 1.89 bits per heavy atom. The Morgan fingerprint density at radius 1 is 1.22 bits per heavy atom. The van der Waals surface area contributed by atoms with E-state index in [0.29, 0.717) is 24.3 Å². The van der Waals surface area contributed by atoms with Crippen LogP contribution in [0.4, 0.5) is 4.39 Å². The third-order valence-electron chi connectivity index (χ3n) is 2.25. The highest BCUT2D eigenvalue weighted by atomic mass is 79.9. The quantitative estimate of drug-likeness (QED) is 0.542. The van der Waals surface area contributed by atoms with Crippen molar-refractivity contribution >= 4 is 15.9 Å². The second kappa shape index (κ2) is 8.45. The minimum absolute atomic E-state index is 0.275. The Kier molecular flexibility index (Phi) is 7.23. The van der Waals surface area contributed by atoms with Gasteiger partial charge in [-0.2, -0.15) is 0 Å². The van der Waals surface area contributed by atoms with Gasteiger partial charge in [-0.3, -0.25) is 0 Å². The number of hydrogen-bond acceptors (Lipinski definition) is 3. The molecule has 0 spiro atoms. The molecule has 1 rings (SSSR count). The van der Waals surface area contributed by atoms with Gasteiger partial charge in [-0.15, -0.1) is 0 Å². The van der Waals surface area contributed by atoms with E-state index in [4.69, 9.17) is 14.2 Å². The van der Waals surface area contributed by atoms with Gasteiger partial charge in [-0.05, 0) is 32.0 Å². The minimum atomic E-state index is -0.395. The van der Waals surface area contributed by atoms with E-state index in [0.717, 1.165) is 5.56 Å². The summed E-state index contributed by atoms with van der Waals surface area (Å²) in [6, 6.07) is 4.43. The molecular formula is C13H18BrFO3. The third-order valence-corrected chi connectivity index (χ3v) is 2.85. The first-order valence-electron chi connectivity index (χ1n) is 5.91. The van der Waals surface area contributed by atoms with Crippen LogP contribution in [0.15, 0.2) is 18.2 Å². The van der Waals surface area contributed by atoms with Crippen LogP contribution < -0.4 is 4.74 Å². The molecule has 0 atom stereocenters. The number of ether oxygens (including phenoxy) is 3. The fraction of sp³-hybridized carbons (Fsp3) is 0.538. The second-order valence-electron chi connectivity index (χ2n) is 3.54. The van der Waals surface area contributed by atoms with Crippen LogP contribution in [-0.4, -0.2) is 26.1 Å². The molecule has 1 aromatic carbocycles. The van der Waals surface area contributed by atoms with Crippen LogP contribution in [0.2, 0.25) is 0 Å². The Bertz CT molecular complexity index is 354. The van der Waals surface area contributed by atoms with Crippen molar-refractivity contribution in [2.75, 3.05) is 19.8 Å². The highest BCUT2D eigenvalue weighted by Gasteiger charge is 2.11. The van der Waals surface area contributed by atoms with Gasteiger partial charge in [0.05, 0.1) is 0 Å². The number of halogens is 2. The standard InChI is InChI=1S/C13H18BrFO3/c1-3-16-13(17-4-2)9-18-12-6-5-11(15)7-10(12)8-14/h5-7,13H,3-4,8-9H2,1-2H3. The lowest BCUT2D eigenvalue weighted by Crippen LogP contribution is -2.25. The van der Waals surface area contributed by atoms with Crippen LogP contribution in [0.5, 0.6) is 5.75 Å². The van der Waals surface area contributed by atoms with E-state index in [2.05, 4.69) is 15.9 Å². The average Bonchev–Trinajstić information content (AvgIpc) is 2.37. The molecule has 0 aliphatic rings. The maximum atomic E-state index is 13.0. The van der Waals surface area contributed by atoms with Crippen molar-refractivity contribution in [2.45, 2.75) is 25.5 Å². The van der Waals surface area contributed by atoms with Crippen molar-refractivity contribution in [3.8, 4) is 5.75 Å². The van der Waals surface area contributed by atoms with Gasteiger partial charge in [-0.25, -0.2) is 4.39 Å². The van der Waals surface area contributed by atoms with Crippen molar-refractivity contribution in [3.05, 3.63) is 29.6 Å². The zero-order chi connectivity index (χ0) is 13.4. The maximum Gasteiger partial charge on any atom is 0.191 e. The van der Waals surface area contributed by atoms with Gasteiger partial charge in [0.15, 0.2) is 6.29 Å². The Hall–Kier alpha value is -0.650. The first-order chi connectivity index (χ1) is 8.71. The van der Waals surface area contributed by atoms with Crippen LogP contribution in [0.3, 0.4) is 0 Å². The van der Waals surface area contributed by atoms with Gasteiger partial charge in [-0.1, -0.05) is 15.9 Å². The number of benzene rings is 1. The molecule has 0 radical (unpaired) electrons. The SMILES string of the molecule is CCOC(COc1ccc(F)cc1CBr)OCC. The Labute approximate surface area is 115 Å². The summed E-state index contributed by atoms with van der Waals surface area (Å²) in [6.07, 6.45) is -0.395. The van der Waals surface area contributed by atoms with Crippen LogP contribution in [0, 0.1) is 5.82 Å². The summed E-state index contributed by atoms with van der Waals surface area (Å²) in [7, 11) is 0. The minimum Gasteiger partial charge on any atom is -0.488 e. The number of alkyl halides is 1. The molecule has 0 unspecified atom stereocenters. The molecule has 5 heteroatoms. The molecular weight excluding hydrogens is 303 g/mol. The monoisotopic (exact) mass is 320 g/mol. The van der Waals surface area contributed by atoms with E-state index in [1.54, 1.807) is 6.07 Å². The predicted octanol–water partition coefficient (Wildman–Crippen LogP) is 3.50. The lowest BCUT2D eigenvalue weighted by atomic mass is 10.2. The molecule has 0 aliphatic carbocycles. The zero-order valence-electron chi connectivity index (χ0n) is 10.6. The molecule has 1 aromatic rings. The van der Waals surface area contributed by atoms with E-state index < -0.39 is 6.29 Å². The fourth-order valence-corrected chi connectivity index (χ4v) is 1.91. The summed E-state index contributed by atoms with van der Waals surface area (Å²) in [5.41, 5.74) is 0.766. The van der Waals surface area contributed by atoms with Crippen LogP contribution >= 0.6 is 15.9 Å². The summed E-state index contributed by atoms with van der Waals surface area (Å²) in [5.74, 6) is 0.362. The van der Waals surface area contributed by atoms with Gasteiger partial charge in [0, 0.05) is 24.1 Å². The molecule has 18 heavy (non-hydrogen) atoms. The largest absolute Gasteiger partial charge is 0.488 e. The van der Waals surface area contributed by atoms with Gasteiger partial charge in [0.2, 0.25) is 0 Å². The highest BCUT2D eigenvalue weighted by Crippen LogP contribution is 2.22. The van der Waals surface area contributed by atoms with Crippen molar-refractivity contribution in [1.29, 1.82) is 0 Å². The number of hydrogen-bond donors (Lipinski definition) is 0. The topological polar surface area (TPSA) is 27.7 Å². The predicted molar refractivity (Wildman–Crippen MR) is 71.6 cm³/mol. The second-order valence-corrected chi connectivity index (χ2v) is 4.10. The fourth-order valence-electron chi connectivity index (χ4n) is 1.47. The maximum absolute atomic E-state index is 13.0. The van der Waals surface area contributed by atoms with Crippen molar-refractivity contribution in [2.24, 2.45) is 0 Å². The summed E-state index contributed by atoms with van der Waals surface area (Å²) < 4.78 is 29.4. The molecule has 0 aromatic heterocycles. The third kappa shape index (κ3) is 4.92. The molecule has 0 N–H and O–H groups in total. The molecule has 102 valence electrons. The van der Waals surface area contributed by atoms with Gasteiger partial charge in [0.1, 0.15) is 18.2 Å². The van der Waals surface area contributed by atoms with Crippen molar-refractivity contribution in [1.82, 2.24) is 0 Å².